The Kier molecular flexibility index (Phi) is 7.43. The Bertz CT molecular complexity index is 1260. The number of halogens is 1. The molecule has 2 aliphatic heterocycles. The van der Waals surface area contributed by atoms with E-state index < -0.39 is 23.9 Å². The summed E-state index contributed by atoms with van der Waals surface area (Å²) in [6.07, 6.45) is 9.24. The Balaban J connectivity index is 1.59. The SMILES string of the molecule is CN1C/C=C\CCCCN2C[C@@]3(CCCc4cc(Cl)ccc43)COc3ccc(cc32)[C@@](O)(C(=O)O)CC1=O. The van der Waals surface area contributed by atoms with Gasteiger partial charge in [0, 0.05) is 37.1 Å². The molecule has 202 valence electrons. The van der Waals surface area contributed by atoms with Crippen LogP contribution in [0.2, 0.25) is 5.02 Å². The van der Waals surface area contributed by atoms with Gasteiger partial charge in [0.05, 0.1) is 18.7 Å². The molecule has 2 bridgehead atoms. The van der Waals surface area contributed by atoms with Crippen molar-refractivity contribution in [1.29, 1.82) is 0 Å². The van der Waals surface area contributed by atoms with Crippen LogP contribution < -0.4 is 9.64 Å². The molecule has 0 saturated heterocycles. The fraction of sp³-hybridized carbons (Fsp3) is 0.467. The topological polar surface area (TPSA) is 90.3 Å². The maximum atomic E-state index is 12.9. The van der Waals surface area contributed by atoms with E-state index in [0.29, 0.717) is 25.4 Å². The van der Waals surface area contributed by atoms with Crippen molar-refractivity contribution in [1.82, 2.24) is 4.90 Å². The van der Waals surface area contributed by atoms with Crippen molar-refractivity contribution in [2.75, 3.05) is 38.2 Å². The Morgan fingerprint density at radius 2 is 1.95 bits per heavy atom. The Hall–Kier alpha value is -3.03. The van der Waals surface area contributed by atoms with Gasteiger partial charge in [-0.05, 0) is 79.5 Å². The number of nitrogens with zero attached hydrogens (tertiary/aromatic N) is 2. The fourth-order valence-corrected chi connectivity index (χ4v) is 6.27. The van der Waals surface area contributed by atoms with Gasteiger partial charge in [0.1, 0.15) is 5.75 Å². The van der Waals surface area contributed by atoms with E-state index in [-0.39, 0.29) is 11.0 Å². The number of aliphatic hydroxyl groups is 1. The zero-order valence-electron chi connectivity index (χ0n) is 21.8. The number of allylic oxidation sites excluding steroid dienone is 1. The lowest BCUT2D eigenvalue weighted by Gasteiger charge is -2.41. The van der Waals surface area contributed by atoms with Gasteiger partial charge in [-0.15, -0.1) is 0 Å². The predicted octanol–water partition coefficient (Wildman–Crippen LogP) is 4.67. The van der Waals surface area contributed by atoms with Crippen LogP contribution in [0.3, 0.4) is 0 Å². The van der Waals surface area contributed by atoms with Gasteiger partial charge in [0.2, 0.25) is 5.91 Å². The summed E-state index contributed by atoms with van der Waals surface area (Å²) in [6, 6.07) is 11.2. The third-order valence-electron chi connectivity index (χ3n) is 8.30. The molecule has 3 aliphatic rings. The number of likely N-dealkylation sites (N-methyl/N-ethyl adjacent to an activating group) is 1. The van der Waals surface area contributed by atoms with E-state index >= 15 is 0 Å². The quantitative estimate of drug-likeness (QED) is 0.513. The zero-order valence-corrected chi connectivity index (χ0v) is 22.5. The number of hydrogen-bond donors (Lipinski definition) is 2. The lowest BCUT2D eigenvalue weighted by Crippen LogP contribution is -2.46. The van der Waals surface area contributed by atoms with E-state index in [1.165, 1.54) is 16.0 Å². The number of ether oxygens (including phenoxy) is 1. The first-order valence-electron chi connectivity index (χ1n) is 13.4. The number of amides is 1. The Labute approximate surface area is 228 Å². The molecule has 2 aromatic rings. The summed E-state index contributed by atoms with van der Waals surface area (Å²) < 4.78 is 6.45. The lowest BCUT2D eigenvalue weighted by molar-refractivity contribution is -0.164. The molecule has 8 heteroatoms. The molecule has 2 heterocycles. The number of rotatable bonds is 1. The summed E-state index contributed by atoms with van der Waals surface area (Å²) in [4.78, 5) is 29.0. The molecule has 0 unspecified atom stereocenters. The van der Waals surface area contributed by atoms with Crippen molar-refractivity contribution in [2.45, 2.75) is 56.0 Å². The maximum Gasteiger partial charge on any atom is 0.340 e. The standard InChI is InChI=1S/C30H35ClN2O5/c1-32-14-5-3-2-4-6-15-33-19-29(13-7-8-21-16-23(31)10-11-24(21)29)20-38-26-12-9-22(17-25(26)33)30(37,28(35)36)18-27(32)34/h3,5,9-12,16-17,37H,2,4,6-8,13-15,18-20H2,1H3,(H,35,36)/b5-3-/t29-,30+/m0/s1. The zero-order chi connectivity index (χ0) is 26.9. The van der Waals surface area contributed by atoms with E-state index in [0.717, 1.165) is 55.8 Å². The van der Waals surface area contributed by atoms with E-state index in [4.69, 9.17) is 16.3 Å². The number of aliphatic carboxylic acids is 1. The van der Waals surface area contributed by atoms with Gasteiger partial charge < -0.3 is 24.7 Å². The molecular weight excluding hydrogens is 504 g/mol. The number of fused-ring (bicyclic) bond motifs is 3. The monoisotopic (exact) mass is 538 g/mol. The lowest BCUT2D eigenvalue weighted by atomic mass is 9.70. The van der Waals surface area contributed by atoms with Crippen LogP contribution >= 0.6 is 11.6 Å². The normalized spacial score (nSPS) is 27.0. The van der Waals surface area contributed by atoms with Gasteiger partial charge in [0.15, 0.2) is 5.60 Å². The number of benzene rings is 2. The molecule has 0 saturated carbocycles. The average Bonchev–Trinajstić information content (AvgIpc) is 3.04. The average molecular weight is 539 g/mol. The summed E-state index contributed by atoms with van der Waals surface area (Å²) in [7, 11) is 1.62. The number of anilines is 1. The second kappa shape index (κ2) is 10.6. The van der Waals surface area contributed by atoms with E-state index in [9.17, 15) is 19.8 Å². The molecule has 0 radical (unpaired) electrons. The van der Waals surface area contributed by atoms with Gasteiger partial charge in [-0.3, -0.25) is 4.79 Å². The van der Waals surface area contributed by atoms with E-state index in [1.54, 1.807) is 25.2 Å². The first kappa shape index (κ1) is 26.6. The van der Waals surface area contributed by atoms with Crippen LogP contribution in [0.4, 0.5) is 5.69 Å². The third-order valence-corrected chi connectivity index (χ3v) is 8.53. The van der Waals surface area contributed by atoms with Crippen LogP contribution in [0.25, 0.3) is 0 Å². The molecule has 2 atom stereocenters. The summed E-state index contributed by atoms with van der Waals surface area (Å²) in [5.41, 5.74) is 0.861. The van der Waals surface area contributed by atoms with E-state index in [1.807, 2.05) is 12.1 Å². The van der Waals surface area contributed by atoms with Gasteiger partial charge >= 0.3 is 5.97 Å². The van der Waals surface area contributed by atoms with Crippen molar-refractivity contribution in [3.63, 3.8) is 0 Å². The molecule has 2 N–H and O–H groups in total. The second-order valence-corrected chi connectivity index (χ2v) is 11.3. The predicted molar refractivity (Wildman–Crippen MR) is 147 cm³/mol. The molecule has 2 aromatic carbocycles. The minimum atomic E-state index is -2.35. The second-order valence-electron chi connectivity index (χ2n) is 10.9. The molecule has 1 amide bonds. The highest BCUT2D eigenvalue weighted by atomic mass is 35.5. The summed E-state index contributed by atoms with van der Waals surface area (Å²) >= 11 is 6.34. The Morgan fingerprint density at radius 3 is 2.76 bits per heavy atom. The summed E-state index contributed by atoms with van der Waals surface area (Å²) in [5, 5.41) is 22.2. The molecule has 5 rings (SSSR count). The first-order chi connectivity index (χ1) is 18.2. The number of carboxylic acid groups (broad SMARTS) is 1. The number of carboxylic acids is 1. The minimum absolute atomic E-state index is 0.177. The largest absolute Gasteiger partial charge is 0.490 e. The highest BCUT2D eigenvalue weighted by molar-refractivity contribution is 6.30. The van der Waals surface area contributed by atoms with Crippen molar-refractivity contribution < 1.29 is 24.5 Å². The van der Waals surface area contributed by atoms with Crippen LogP contribution in [-0.4, -0.2) is 60.3 Å². The number of carbonyl (C=O) groups excluding carboxylic acids is 1. The number of carbonyl (C=O) groups is 2. The molecule has 1 aliphatic carbocycles. The first-order valence-corrected chi connectivity index (χ1v) is 13.8. The van der Waals surface area contributed by atoms with Gasteiger partial charge in [-0.25, -0.2) is 4.79 Å². The van der Waals surface area contributed by atoms with Crippen molar-refractivity contribution in [3.8, 4) is 5.75 Å². The number of aryl methyl sites for hydroxylation is 1. The molecule has 0 aromatic heterocycles. The highest BCUT2D eigenvalue weighted by Crippen LogP contribution is 2.45. The summed E-state index contributed by atoms with van der Waals surface area (Å²) in [5.74, 6) is -1.23. The molecule has 0 fully saturated rings. The van der Waals surface area contributed by atoms with Crippen LogP contribution in [0.1, 0.15) is 55.2 Å². The molecule has 1 spiro atoms. The highest BCUT2D eigenvalue weighted by Gasteiger charge is 2.44. The number of hydrogen-bond acceptors (Lipinski definition) is 5. The van der Waals surface area contributed by atoms with Gasteiger partial charge in [-0.1, -0.05) is 35.9 Å². The van der Waals surface area contributed by atoms with Crippen LogP contribution in [0.5, 0.6) is 5.75 Å². The molecule has 7 nitrogen and oxygen atoms in total. The Morgan fingerprint density at radius 1 is 1.11 bits per heavy atom. The van der Waals surface area contributed by atoms with Crippen LogP contribution in [-0.2, 0) is 27.0 Å². The van der Waals surface area contributed by atoms with Crippen molar-refractivity contribution >= 4 is 29.2 Å². The maximum absolute atomic E-state index is 12.9. The van der Waals surface area contributed by atoms with Gasteiger partial charge in [0.25, 0.3) is 0 Å². The minimum Gasteiger partial charge on any atom is -0.490 e. The van der Waals surface area contributed by atoms with Crippen molar-refractivity contribution in [3.05, 3.63) is 70.3 Å². The van der Waals surface area contributed by atoms with Crippen molar-refractivity contribution in [2.24, 2.45) is 0 Å². The third kappa shape index (κ3) is 5.02. The van der Waals surface area contributed by atoms with Gasteiger partial charge in [-0.2, -0.15) is 0 Å². The summed E-state index contributed by atoms with van der Waals surface area (Å²) in [6.45, 7) is 2.34. The molecule has 38 heavy (non-hydrogen) atoms. The fourth-order valence-electron chi connectivity index (χ4n) is 6.08. The van der Waals surface area contributed by atoms with E-state index in [2.05, 4.69) is 23.1 Å². The smallest absolute Gasteiger partial charge is 0.340 e. The molecular formula is C30H35ClN2O5. The van der Waals surface area contributed by atoms with Crippen LogP contribution in [0, 0.1) is 0 Å². The van der Waals surface area contributed by atoms with Crippen LogP contribution in [0.15, 0.2) is 48.6 Å².